The van der Waals surface area contributed by atoms with Crippen molar-refractivity contribution in [3.05, 3.63) is 12.2 Å². The standard InChI is InChI=1S/C9H17NO2/c1-8(2)5-10-6-9-3-4-11-7-12-9/h9-10H,1,3-7H2,2H3. The van der Waals surface area contributed by atoms with Crippen LogP contribution in [0.3, 0.4) is 0 Å². The highest BCUT2D eigenvalue weighted by molar-refractivity contribution is 4.90. The van der Waals surface area contributed by atoms with E-state index in [-0.39, 0.29) is 0 Å². The van der Waals surface area contributed by atoms with Gasteiger partial charge in [0.05, 0.1) is 12.7 Å². The van der Waals surface area contributed by atoms with Crippen molar-refractivity contribution in [2.24, 2.45) is 0 Å². The molecule has 1 atom stereocenters. The normalized spacial score (nSPS) is 23.9. The summed E-state index contributed by atoms with van der Waals surface area (Å²) in [6.07, 6.45) is 1.31. The lowest BCUT2D eigenvalue weighted by atomic mass is 10.2. The maximum absolute atomic E-state index is 5.35. The molecule has 12 heavy (non-hydrogen) atoms. The molecular formula is C9H17NO2. The number of nitrogens with one attached hydrogen (secondary N) is 1. The summed E-state index contributed by atoms with van der Waals surface area (Å²) < 4.78 is 10.4. The second kappa shape index (κ2) is 5.30. The predicted molar refractivity (Wildman–Crippen MR) is 48.0 cm³/mol. The molecule has 0 aliphatic carbocycles. The van der Waals surface area contributed by atoms with Crippen molar-refractivity contribution in [3.63, 3.8) is 0 Å². The van der Waals surface area contributed by atoms with Gasteiger partial charge in [0.15, 0.2) is 0 Å². The summed E-state index contributed by atoms with van der Waals surface area (Å²) in [6.45, 7) is 8.86. The summed E-state index contributed by atoms with van der Waals surface area (Å²) in [7, 11) is 0. The van der Waals surface area contributed by atoms with E-state index in [9.17, 15) is 0 Å². The molecule has 1 heterocycles. The Morgan fingerprint density at radius 3 is 3.08 bits per heavy atom. The van der Waals surface area contributed by atoms with Crippen LogP contribution >= 0.6 is 0 Å². The van der Waals surface area contributed by atoms with Crippen LogP contribution in [-0.4, -0.2) is 32.6 Å². The van der Waals surface area contributed by atoms with Gasteiger partial charge in [0.1, 0.15) is 6.79 Å². The highest BCUT2D eigenvalue weighted by Crippen LogP contribution is 2.04. The number of hydrogen-bond donors (Lipinski definition) is 1. The molecular weight excluding hydrogens is 154 g/mol. The molecule has 0 saturated carbocycles. The molecule has 0 spiro atoms. The van der Waals surface area contributed by atoms with Crippen molar-refractivity contribution >= 4 is 0 Å². The Morgan fingerprint density at radius 1 is 1.67 bits per heavy atom. The van der Waals surface area contributed by atoms with Crippen LogP contribution in [-0.2, 0) is 9.47 Å². The predicted octanol–water partition coefficient (Wildman–Crippen LogP) is 0.915. The van der Waals surface area contributed by atoms with Gasteiger partial charge in [-0.25, -0.2) is 0 Å². The SMILES string of the molecule is C=C(C)CNCC1CCOCO1. The maximum atomic E-state index is 5.35. The van der Waals surface area contributed by atoms with Crippen molar-refractivity contribution in [2.75, 3.05) is 26.5 Å². The van der Waals surface area contributed by atoms with Gasteiger partial charge in [0.25, 0.3) is 0 Å². The van der Waals surface area contributed by atoms with Crippen LogP contribution in [0.5, 0.6) is 0 Å². The van der Waals surface area contributed by atoms with E-state index in [1.807, 2.05) is 6.92 Å². The van der Waals surface area contributed by atoms with Crippen molar-refractivity contribution in [1.29, 1.82) is 0 Å². The van der Waals surface area contributed by atoms with E-state index >= 15 is 0 Å². The number of ether oxygens (including phenoxy) is 2. The molecule has 1 rings (SSSR count). The quantitative estimate of drug-likeness (QED) is 0.638. The molecule has 0 bridgehead atoms. The summed E-state index contributed by atoms with van der Waals surface area (Å²) in [5, 5.41) is 3.27. The second-order valence-corrected chi connectivity index (χ2v) is 3.19. The van der Waals surface area contributed by atoms with Crippen LogP contribution in [0.15, 0.2) is 12.2 Å². The summed E-state index contributed by atoms with van der Waals surface area (Å²) in [6, 6.07) is 0. The van der Waals surface area contributed by atoms with E-state index in [0.717, 1.165) is 31.7 Å². The van der Waals surface area contributed by atoms with E-state index in [4.69, 9.17) is 9.47 Å². The first kappa shape index (κ1) is 9.71. The third-order valence-electron chi connectivity index (χ3n) is 1.77. The Kier molecular flexibility index (Phi) is 4.29. The number of rotatable bonds is 4. The molecule has 1 unspecified atom stereocenters. The monoisotopic (exact) mass is 171 g/mol. The molecule has 0 amide bonds. The topological polar surface area (TPSA) is 30.5 Å². The molecule has 70 valence electrons. The van der Waals surface area contributed by atoms with Gasteiger partial charge in [-0.05, 0) is 13.3 Å². The highest BCUT2D eigenvalue weighted by atomic mass is 16.7. The second-order valence-electron chi connectivity index (χ2n) is 3.19. The van der Waals surface area contributed by atoms with Crippen LogP contribution in [0.1, 0.15) is 13.3 Å². The van der Waals surface area contributed by atoms with E-state index in [1.165, 1.54) is 0 Å². The fourth-order valence-electron chi connectivity index (χ4n) is 1.11. The molecule has 1 N–H and O–H groups in total. The van der Waals surface area contributed by atoms with Crippen molar-refractivity contribution in [1.82, 2.24) is 5.32 Å². The Hall–Kier alpha value is -0.380. The van der Waals surface area contributed by atoms with Crippen molar-refractivity contribution < 1.29 is 9.47 Å². The van der Waals surface area contributed by atoms with Crippen molar-refractivity contribution in [3.8, 4) is 0 Å². The fraction of sp³-hybridized carbons (Fsp3) is 0.778. The molecule has 1 fully saturated rings. The zero-order valence-corrected chi connectivity index (χ0v) is 7.64. The van der Waals surface area contributed by atoms with Gasteiger partial charge in [-0.1, -0.05) is 12.2 Å². The molecule has 1 saturated heterocycles. The van der Waals surface area contributed by atoms with Crippen LogP contribution < -0.4 is 5.32 Å². The van der Waals surface area contributed by atoms with Gasteiger partial charge >= 0.3 is 0 Å². The summed E-state index contributed by atoms with van der Waals surface area (Å²) in [5.74, 6) is 0. The number of hydrogen-bond acceptors (Lipinski definition) is 3. The molecule has 1 aliphatic rings. The lowest BCUT2D eigenvalue weighted by Crippen LogP contribution is -2.34. The third-order valence-corrected chi connectivity index (χ3v) is 1.77. The zero-order chi connectivity index (χ0) is 8.81. The van der Waals surface area contributed by atoms with Crippen molar-refractivity contribution in [2.45, 2.75) is 19.4 Å². The summed E-state index contributed by atoms with van der Waals surface area (Å²) >= 11 is 0. The van der Waals surface area contributed by atoms with E-state index in [1.54, 1.807) is 0 Å². The minimum atomic E-state index is 0.318. The molecule has 0 aromatic heterocycles. The summed E-state index contributed by atoms with van der Waals surface area (Å²) in [4.78, 5) is 0. The molecule has 3 nitrogen and oxygen atoms in total. The first-order chi connectivity index (χ1) is 5.79. The lowest BCUT2D eigenvalue weighted by Gasteiger charge is -2.22. The molecule has 0 radical (unpaired) electrons. The zero-order valence-electron chi connectivity index (χ0n) is 7.64. The third kappa shape index (κ3) is 3.85. The Labute approximate surface area is 73.7 Å². The van der Waals surface area contributed by atoms with Gasteiger partial charge in [0, 0.05) is 13.1 Å². The van der Waals surface area contributed by atoms with Crippen LogP contribution in [0, 0.1) is 0 Å². The molecule has 0 aromatic rings. The fourth-order valence-corrected chi connectivity index (χ4v) is 1.11. The van der Waals surface area contributed by atoms with Crippen LogP contribution in [0.4, 0.5) is 0 Å². The minimum absolute atomic E-state index is 0.318. The highest BCUT2D eigenvalue weighted by Gasteiger charge is 2.12. The Morgan fingerprint density at radius 2 is 2.50 bits per heavy atom. The van der Waals surface area contributed by atoms with Gasteiger partial charge in [0.2, 0.25) is 0 Å². The van der Waals surface area contributed by atoms with E-state index in [2.05, 4.69) is 11.9 Å². The lowest BCUT2D eigenvalue weighted by molar-refractivity contribution is -0.136. The van der Waals surface area contributed by atoms with Crippen LogP contribution in [0.25, 0.3) is 0 Å². The first-order valence-electron chi connectivity index (χ1n) is 4.33. The first-order valence-corrected chi connectivity index (χ1v) is 4.33. The van der Waals surface area contributed by atoms with E-state index in [0.29, 0.717) is 12.9 Å². The smallest absolute Gasteiger partial charge is 0.147 e. The maximum Gasteiger partial charge on any atom is 0.147 e. The largest absolute Gasteiger partial charge is 0.355 e. The van der Waals surface area contributed by atoms with Gasteiger partial charge in [-0.15, -0.1) is 0 Å². The summed E-state index contributed by atoms with van der Waals surface area (Å²) in [5.41, 5.74) is 1.15. The van der Waals surface area contributed by atoms with Gasteiger partial charge in [-0.3, -0.25) is 0 Å². The molecule has 1 aliphatic heterocycles. The average Bonchev–Trinajstić information content (AvgIpc) is 2.05. The molecule has 0 aromatic carbocycles. The average molecular weight is 171 g/mol. The van der Waals surface area contributed by atoms with Crippen LogP contribution in [0.2, 0.25) is 0 Å². The minimum Gasteiger partial charge on any atom is -0.355 e. The Bertz CT molecular complexity index is 141. The van der Waals surface area contributed by atoms with E-state index < -0.39 is 0 Å². The van der Waals surface area contributed by atoms with Gasteiger partial charge < -0.3 is 14.8 Å². The van der Waals surface area contributed by atoms with Gasteiger partial charge in [-0.2, -0.15) is 0 Å². The molecule has 3 heteroatoms. The Balaban J connectivity index is 2.01.